The number of halogens is 1. The molecule has 0 fully saturated rings. The Balaban J connectivity index is 1.93. The van der Waals surface area contributed by atoms with Gasteiger partial charge in [0.15, 0.2) is 5.69 Å². The molecule has 1 amide bonds. The van der Waals surface area contributed by atoms with E-state index in [1.54, 1.807) is 12.4 Å². The summed E-state index contributed by atoms with van der Waals surface area (Å²) in [6, 6.07) is 5.58. The summed E-state index contributed by atoms with van der Waals surface area (Å²) in [4.78, 5) is 17.1. The number of aryl methyl sites for hydroxylation is 1. The average Bonchev–Trinajstić information content (AvgIpc) is 2.91. The molecule has 2 aromatic heterocycles. The lowest BCUT2D eigenvalue weighted by Gasteiger charge is -2.04. The van der Waals surface area contributed by atoms with Gasteiger partial charge in [0.25, 0.3) is 5.91 Å². The summed E-state index contributed by atoms with van der Waals surface area (Å²) < 4.78 is 14.3. The van der Waals surface area contributed by atoms with Gasteiger partial charge >= 0.3 is 0 Å². The van der Waals surface area contributed by atoms with E-state index in [1.165, 1.54) is 40.1 Å². The largest absolute Gasteiger partial charge is 0.321 e. The van der Waals surface area contributed by atoms with Crippen LogP contribution in [0.15, 0.2) is 29.8 Å². The maximum atomic E-state index is 12.8. The van der Waals surface area contributed by atoms with Crippen LogP contribution in [0, 0.1) is 12.7 Å². The monoisotopic (exact) mass is 276 g/mol. The van der Waals surface area contributed by atoms with E-state index < -0.39 is 0 Å². The number of hydrogen-bond acceptors (Lipinski definition) is 4. The van der Waals surface area contributed by atoms with E-state index in [1.807, 2.05) is 0 Å². The van der Waals surface area contributed by atoms with Crippen molar-refractivity contribution in [1.29, 1.82) is 0 Å². The van der Waals surface area contributed by atoms with Gasteiger partial charge in [-0.2, -0.15) is 9.61 Å². The maximum Gasteiger partial charge on any atom is 0.276 e. The van der Waals surface area contributed by atoms with Crippen LogP contribution in [0.3, 0.4) is 0 Å². The molecule has 0 saturated heterocycles. The van der Waals surface area contributed by atoms with E-state index in [4.69, 9.17) is 0 Å². The molecule has 0 aliphatic heterocycles. The number of carbonyl (C=O) groups excluding carboxylic acids is 1. The number of nitrogens with zero attached hydrogens (tertiary/aromatic N) is 3. The molecule has 1 N–H and O–H groups in total. The molecule has 0 spiro atoms. The van der Waals surface area contributed by atoms with Gasteiger partial charge in [0.05, 0.1) is 5.69 Å². The van der Waals surface area contributed by atoms with Crippen molar-refractivity contribution in [2.24, 2.45) is 0 Å². The zero-order chi connectivity index (χ0) is 13.4. The first kappa shape index (κ1) is 11.8. The van der Waals surface area contributed by atoms with Crippen LogP contribution in [0.25, 0.3) is 4.96 Å². The van der Waals surface area contributed by atoms with Gasteiger partial charge in [-0.05, 0) is 31.2 Å². The number of carbonyl (C=O) groups is 1. The van der Waals surface area contributed by atoms with Crippen LogP contribution in [0.4, 0.5) is 10.1 Å². The zero-order valence-electron chi connectivity index (χ0n) is 9.92. The van der Waals surface area contributed by atoms with Crippen LogP contribution >= 0.6 is 11.3 Å². The summed E-state index contributed by atoms with van der Waals surface area (Å²) >= 11 is 1.36. The van der Waals surface area contributed by atoms with Crippen molar-refractivity contribution in [3.8, 4) is 0 Å². The standard InChI is InChI=1S/C12H9FN4OS/c1-7-10(17-12(15-7)19-6-14-17)11(18)16-9-4-2-8(13)3-5-9/h2-6H,1H3,(H,16,18). The minimum absolute atomic E-state index is 0.317. The molecule has 3 aromatic rings. The van der Waals surface area contributed by atoms with Crippen LogP contribution in [0.5, 0.6) is 0 Å². The highest BCUT2D eigenvalue weighted by atomic mass is 32.1. The molecule has 7 heteroatoms. The molecule has 5 nitrogen and oxygen atoms in total. The molecular weight excluding hydrogens is 267 g/mol. The Kier molecular flexibility index (Phi) is 2.75. The summed E-state index contributed by atoms with van der Waals surface area (Å²) in [5.41, 5.74) is 3.15. The fourth-order valence-corrected chi connectivity index (χ4v) is 2.44. The van der Waals surface area contributed by atoms with E-state index in [9.17, 15) is 9.18 Å². The highest BCUT2D eigenvalue weighted by molar-refractivity contribution is 7.14. The van der Waals surface area contributed by atoms with E-state index >= 15 is 0 Å². The van der Waals surface area contributed by atoms with Crippen molar-refractivity contribution >= 4 is 27.9 Å². The predicted octanol–water partition coefficient (Wildman–Crippen LogP) is 2.49. The third kappa shape index (κ3) is 2.08. The fourth-order valence-electron chi connectivity index (χ4n) is 1.78. The molecule has 96 valence electrons. The quantitative estimate of drug-likeness (QED) is 0.782. The lowest BCUT2D eigenvalue weighted by atomic mass is 10.3. The first-order valence-electron chi connectivity index (χ1n) is 5.51. The SMILES string of the molecule is Cc1nc2scnn2c1C(=O)Nc1ccc(F)cc1. The smallest absolute Gasteiger partial charge is 0.276 e. The van der Waals surface area contributed by atoms with E-state index in [0.29, 0.717) is 22.0 Å². The molecule has 1 aromatic carbocycles. The number of amides is 1. The minimum Gasteiger partial charge on any atom is -0.321 e. The predicted molar refractivity (Wildman–Crippen MR) is 70.0 cm³/mol. The molecule has 0 saturated carbocycles. The Morgan fingerprint density at radius 3 is 2.84 bits per heavy atom. The number of rotatable bonds is 2. The van der Waals surface area contributed by atoms with Gasteiger partial charge in [0.2, 0.25) is 4.96 Å². The summed E-state index contributed by atoms with van der Waals surface area (Å²) in [7, 11) is 0. The van der Waals surface area contributed by atoms with Crippen molar-refractivity contribution in [2.45, 2.75) is 6.92 Å². The normalized spacial score (nSPS) is 10.8. The second-order valence-electron chi connectivity index (χ2n) is 3.94. The average molecular weight is 276 g/mol. The van der Waals surface area contributed by atoms with Crippen molar-refractivity contribution in [3.63, 3.8) is 0 Å². The third-order valence-corrected chi connectivity index (χ3v) is 3.31. The van der Waals surface area contributed by atoms with E-state index in [0.717, 1.165) is 0 Å². The first-order chi connectivity index (χ1) is 9.15. The first-order valence-corrected chi connectivity index (χ1v) is 6.39. The van der Waals surface area contributed by atoms with Gasteiger partial charge in [-0.3, -0.25) is 4.79 Å². The van der Waals surface area contributed by atoms with Crippen molar-refractivity contribution < 1.29 is 9.18 Å². The van der Waals surface area contributed by atoms with Gasteiger partial charge in [0.1, 0.15) is 11.3 Å². The zero-order valence-corrected chi connectivity index (χ0v) is 10.7. The minimum atomic E-state index is -0.347. The molecule has 0 radical (unpaired) electrons. The molecule has 19 heavy (non-hydrogen) atoms. The van der Waals surface area contributed by atoms with Crippen LogP contribution in [0.1, 0.15) is 16.2 Å². The highest BCUT2D eigenvalue weighted by Crippen LogP contribution is 2.16. The van der Waals surface area contributed by atoms with E-state index in [-0.39, 0.29) is 11.7 Å². The van der Waals surface area contributed by atoms with Gasteiger partial charge in [-0.25, -0.2) is 9.37 Å². The van der Waals surface area contributed by atoms with Gasteiger partial charge < -0.3 is 5.32 Å². The Hall–Kier alpha value is -2.28. The summed E-state index contributed by atoms with van der Waals surface area (Å²) in [5, 5.41) is 6.76. The van der Waals surface area contributed by atoms with Crippen LogP contribution < -0.4 is 5.32 Å². The maximum absolute atomic E-state index is 12.8. The Morgan fingerprint density at radius 1 is 1.37 bits per heavy atom. The topological polar surface area (TPSA) is 59.3 Å². The number of nitrogens with one attached hydrogen (secondary N) is 1. The Bertz CT molecular complexity index is 747. The fraction of sp³-hybridized carbons (Fsp3) is 0.0833. The summed E-state index contributed by atoms with van der Waals surface area (Å²) in [6.45, 7) is 1.75. The molecule has 0 unspecified atom stereocenters. The summed E-state index contributed by atoms with van der Waals surface area (Å²) in [5.74, 6) is -0.664. The molecule has 0 bridgehead atoms. The third-order valence-electron chi connectivity index (χ3n) is 2.64. The summed E-state index contributed by atoms with van der Waals surface area (Å²) in [6.07, 6.45) is 0. The molecule has 0 aliphatic carbocycles. The van der Waals surface area contributed by atoms with Crippen molar-refractivity contribution in [3.05, 3.63) is 47.0 Å². The van der Waals surface area contributed by atoms with Crippen molar-refractivity contribution in [1.82, 2.24) is 14.6 Å². The second kappa shape index (κ2) is 4.43. The second-order valence-corrected chi connectivity index (χ2v) is 4.75. The van der Waals surface area contributed by atoms with Gasteiger partial charge in [0, 0.05) is 5.69 Å². The number of benzene rings is 1. The number of fused-ring (bicyclic) bond motifs is 1. The molecule has 0 atom stereocenters. The number of imidazole rings is 1. The number of aromatic nitrogens is 3. The van der Waals surface area contributed by atoms with Crippen molar-refractivity contribution in [2.75, 3.05) is 5.32 Å². The molecule has 2 heterocycles. The lowest BCUT2D eigenvalue weighted by Crippen LogP contribution is -2.15. The lowest BCUT2D eigenvalue weighted by molar-refractivity contribution is 0.102. The number of hydrogen-bond donors (Lipinski definition) is 1. The highest BCUT2D eigenvalue weighted by Gasteiger charge is 2.18. The Labute approximate surface area is 111 Å². The molecular formula is C12H9FN4OS. The van der Waals surface area contributed by atoms with Gasteiger partial charge in [-0.15, -0.1) is 0 Å². The number of anilines is 1. The van der Waals surface area contributed by atoms with E-state index in [2.05, 4.69) is 15.4 Å². The Morgan fingerprint density at radius 2 is 2.11 bits per heavy atom. The van der Waals surface area contributed by atoms with Crippen LogP contribution in [0.2, 0.25) is 0 Å². The van der Waals surface area contributed by atoms with Crippen LogP contribution in [-0.2, 0) is 0 Å². The molecule has 3 rings (SSSR count). The van der Waals surface area contributed by atoms with Crippen LogP contribution in [-0.4, -0.2) is 20.5 Å². The van der Waals surface area contributed by atoms with Gasteiger partial charge in [-0.1, -0.05) is 11.3 Å². The molecule has 0 aliphatic rings.